The molecule has 1 fully saturated rings. The van der Waals surface area contributed by atoms with Gasteiger partial charge in [0.05, 0.1) is 35.5 Å². The molecule has 1 amide bonds. The van der Waals surface area contributed by atoms with Crippen molar-refractivity contribution in [3.8, 4) is 17.2 Å². The number of carbonyl (C=O) groups excluding carboxylic acids is 2. The van der Waals surface area contributed by atoms with Crippen molar-refractivity contribution in [2.75, 3.05) is 18.6 Å². The van der Waals surface area contributed by atoms with E-state index < -0.39 is 17.7 Å². The zero-order valence-corrected chi connectivity index (χ0v) is 22.5. The van der Waals surface area contributed by atoms with Crippen LogP contribution in [0.4, 0.5) is 5.13 Å². The number of anilines is 1. The maximum atomic E-state index is 13.6. The molecule has 198 valence electrons. The van der Waals surface area contributed by atoms with Gasteiger partial charge in [0.15, 0.2) is 5.13 Å². The molecule has 0 aliphatic carbocycles. The predicted molar refractivity (Wildman–Crippen MR) is 149 cm³/mol. The molecule has 0 bridgehead atoms. The van der Waals surface area contributed by atoms with E-state index in [1.807, 2.05) is 44.2 Å². The Bertz CT molecular complexity index is 1660. The van der Waals surface area contributed by atoms with E-state index in [1.54, 1.807) is 37.4 Å². The minimum Gasteiger partial charge on any atom is -0.507 e. The van der Waals surface area contributed by atoms with Crippen LogP contribution in [0.15, 0.2) is 66.2 Å². The quantitative estimate of drug-likeness (QED) is 0.191. The number of benzene rings is 3. The number of aromatic nitrogens is 1. The number of amides is 1. The first kappa shape index (κ1) is 24.9. The van der Waals surface area contributed by atoms with Crippen LogP contribution in [0, 0.1) is 0 Å². The summed E-state index contributed by atoms with van der Waals surface area (Å²) in [4.78, 5) is 33.2. The summed E-state index contributed by atoms with van der Waals surface area (Å²) >= 11 is 1.28. The summed E-state index contributed by atoms with van der Waals surface area (Å²) < 4.78 is 17.6. The molecule has 3 aromatic carbocycles. The van der Waals surface area contributed by atoms with Gasteiger partial charge in [0, 0.05) is 12.0 Å². The Hall–Kier alpha value is -4.37. The summed E-state index contributed by atoms with van der Waals surface area (Å²) in [5.74, 6) is 0.237. The van der Waals surface area contributed by atoms with Crippen LogP contribution in [-0.2, 0) is 16.0 Å². The van der Waals surface area contributed by atoms with Crippen molar-refractivity contribution in [2.24, 2.45) is 0 Å². The monoisotopic (exact) mass is 542 g/mol. The van der Waals surface area contributed by atoms with Gasteiger partial charge < -0.3 is 19.3 Å². The average molecular weight is 543 g/mol. The Morgan fingerprint density at radius 2 is 1.97 bits per heavy atom. The minimum atomic E-state index is -0.906. The van der Waals surface area contributed by atoms with E-state index in [9.17, 15) is 14.7 Å². The number of ketones is 1. The Morgan fingerprint density at radius 3 is 2.77 bits per heavy atom. The summed E-state index contributed by atoms with van der Waals surface area (Å²) in [6, 6.07) is 17.1. The molecule has 0 saturated carbocycles. The van der Waals surface area contributed by atoms with Gasteiger partial charge in [-0.3, -0.25) is 14.5 Å². The summed E-state index contributed by atoms with van der Waals surface area (Å²) in [6.07, 6.45) is 0.724. The van der Waals surface area contributed by atoms with Gasteiger partial charge >= 0.3 is 5.91 Å². The van der Waals surface area contributed by atoms with Crippen LogP contribution < -0.4 is 19.1 Å². The van der Waals surface area contributed by atoms with E-state index in [-0.39, 0.29) is 17.4 Å². The number of Topliss-reactive ketones (excluding diaryl/α,β-unsaturated/α-hetero) is 1. The molecule has 1 N–H and O–H groups in total. The van der Waals surface area contributed by atoms with Crippen LogP contribution in [-0.4, -0.2) is 41.6 Å². The van der Waals surface area contributed by atoms with Crippen molar-refractivity contribution in [1.29, 1.82) is 0 Å². The Kier molecular flexibility index (Phi) is 6.23. The molecule has 0 unspecified atom stereocenters. The molecular weight excluding hydrogens is 516 g/mol. The normalized spacial score (nSPS) is 19.8. The summed E-state index contributed by atoms with van der Waals surface area (Å²) in [7, 11) is 1.58. The molecule has 6 rings (SSSR count). The van der Waals surface area contributed by atoms with Crippen LogP contribution in [0.5, 0.6) is 17.2 Å². The molecule has 2 atom stereocenters. The van der Waals surface area contributed by atoms with Crippen LogP contribution in [0.25, 0.3) is 16.0 Å². The van der Waals surface area contributed by atoms with Gasteiger partial charge in [0.1, 0.15) is 29.1 Å². The Morgan fingerprint density at radius 1 is 1.13 bits per heavy atom. The molecule has 4 aromatic rings. The van der Waals surface area contributed by atoms with E-state index >= 15 is 0 Å². The number of methoxy groups -OCH3 is 1. The van der Waals surface area contributed by atoms with Crippen molar-refractivity contribution >= 4 is 44.1 Å². The van der Waals surface area contributed by atoms with Gasteiger partial charge in [-0.2, -0.15) is 0 Å². The largest absolute Gasteiger partial charge is 0.507 e. The van der Waals surface area contributed by atoms with E-state index in [4.69, 9.17) is 14.2 Å². The average Bonchev–Trinajstić information content (AvgIpc) is 3.60. The molecule has 2 aliphatic rings. The summed E-state index contributed by atoms with van der Waals surface area (Å²) in [6.45, 7) is 4.32. The standard InChI is InChI=1S/C30H26N2O6S/c1-4-37-21-7-5-6-17(14-21)26-25(27(33)18-8-11-23-19(13-18)12-16(2)38-23)28(34)29(35)32(26)30-31-22-10-9-20(36-3)15-24(22)39-30/h5-11,13-16,26,33H,4,12H2,1-3H3/t16-,26-/m1/s1. The fourth-order valence-electron chi connectivity index (χ4n) is 5.13. The van der Waals surface area contributed by atoms with Crippen molar-refractivity contribution in [3.63, 3.8) is 0 Å². The first-order chi connectivity index (χ1) is 18.9. The fraction of sp³-hybridized carbons (Fsp3) is 0.233. The molecule has 0 spiro atoms. The molecule has 8 nitrogen and oxygen atoms in total. The maximum absolute atomic E-state index is 13.6. The number of nitrogens with zero attached hydrogens (tertiary/aromatic N) is 2. The highest BCUT2D eigenvalue weighted by molar-refractivity contribution is 7.22. The molecule has 0 radical (unpaired) electrons. The lowest BCUT2D eigenvalue weighted by Crippen LogP contribution is -2.29. The first-order valence-electron chi connectivity index (χ1n) is 12.7. The number of aliphatic hydroxyl groups is 1. The molecule has 39 heavy (non-hydrogen) atoms. The first-order valence-corrected chi connectivity index (χ1v) is 13.5. The zero-order valence-electron chi connectivity index (χ0n) is 21.6. The highest BCUT2D eigenvalue weighted by Gasteiger charge is 2.48. The van der Waals surface area contributed by atoms with Crippen LogP contribution in [0.1, 0.15) is 36.6 Å². The Balaban J connectivity index is 1.53. The highest BCUT2D eigenvalue weighted by atomic mass is 32.1. The number of rotatable bonds is 6. The van der Waals surface area contributed by atoms with Gasteiger partial charge in [0.25, 0.3) is 5.78 Å². The number of ether oxygens (including phenoxy) is 3. The van der Waals surface area contributed by atoms with Gasteiger partial charge in [0.2, 0.25) is 0 Å². The number of fused-ring (bicyclic) bond motifs is 2. The van der Waals surface area contributed by atoms with Crippen LogP contribution in [0.3, 0.4) is 0 Å². The number of carbonyl (C=O) groups is 2. The topological polar surface area (TPSA) is 98.2 Å². The minimum absolute atomic E-state index is 0.00241. The maximum Gasteiger partial charge on any atom is 0.301 e. The number of thiazole rings is 1. The number of hydrogen-bond donors (Lipinski definition) is 1. The predicted octanol–water partition coefficient (Wildman–Crippen LogP) is 5.65. The van der Waals surface area contributed by atoms with Gasteiger partial charge in [-0.1, -0.05) is 23.5 Å². The highest BCUT2D eigenvalue weighted by Crippen LogP contribution is 2.45. The molecule has 2 aliphatic heterocycles. The molecule has 9 heteroatoms. The van der Waals surface area contributed by atoms with Gasteiger partial charge in [-0.25, -0.2) is 4.98 Å². The van der Waals surface area contributed by atoms with E-state index in [1.165, 1.54) is 16.2 Å². The lowest BCUT2D eigenvalue weighted by molar-refractivity contribution is -0.132. The second-order valence-corrected chi connectivity index (χ2v) is 10.5. The van der Waals surface area contributed by atoms with E-state index in [2.05, 4.69) is 4.98 Å². The van der Waals surface area contributed by atoms with E-state index in [0.29, 0.717) is 46.3 Å². The molecular formula is C30H26N2O6S. The third-order valence-electron chi connectivity index (χ3n) is 6.89. The Labute approximate surface area is 229 Å². The SMILES string of the molecule is CCOc1cccc([C@@H]2C(=C(O)c3ccc4c(c3)C[C@@H](C)O4)C(=O)C(=O)N2c2nc3ccc(OC)cc3s2)c1. The lowest BCUT2D eigenvalue weighted by Gasteiger charge is -2.23. The summed E-state index contributed by atoms with van der Waals surface area (Å²) in [5, 5.41) is 11.9. The molecule has 1 aromatic heterocycles. The third-order valence-corrected chi connectivity index (χ3v) is 7.91. The second-order valence-electron chi connectivity index (χ2n) is 9.46. The lowest BCUT2D eigenvalue weighted by atomic mass is 9.94. The smallest absolute Gasteiger partial charge is 0.301 e. The van der Waals surface area contributed by atoms with Crippen molar-refractivity contribution in [3.05, 3.63) is 82.9 Å². The molecule has 3 heterocycles. The van der Waals surface area contributed by atoms with Crippen molar-refractivity contribution in [2.45, 2.75) is 32.4 Å². The second kappa shape index (κ2) is 9.74. The fourth-order valence-corrected chi connectivity index (χ4v) is 6.15. The zero-order chi connectivity index (χ0) is 27.3. The van der Waals surface area contributed by atoms with Crippen LogP contribution >= 0.6 is 11.3 Å². The van der Waals surface area contributed by atoms with Crippen molar-refractivity contribution < 1.29 is 28.9 Å². The van der Waals surface area contributed by atoms with E-state index in [0.717, 1.165) is 16.0 Å². The number of hydrogen-bond acceptors (Lipinski definition) is 8. The van der Waals surface area contributed by atoms with Gasteiger partial charge in [-0.05, 0) is 73.5 Å². The van der Waals surface area contributed by atoms with Crippen LogP contribution in [0.2, 0.25) is 0 Å². The van der Waals surface area contributed by atoms with Crippen molar-refractivity contribution in [1.82, 2.24) is 4.98 Å². The third kappa shape index (κ3) is 4.28. The van der Waals surface area contributed by atoms with Gasteiger partial charge in [-0.15, -0.1) is 0 Å². The molecule has 1 saturated heterocycles. The number of aliphatic hydroxyl groups excluding tert-OH is 1. The summed E-state index contributed by atoms with van der Waals surface area (Å²) in [5.41, 5.74) is 2.68.